The van der Waals surface area contributed by atoms with E-state index >= 15 is 0 Å². The molecule has 0 unspecified atom stereocenters. The van der Waals surface area contributed by atoms with Crippen LogP contribution in [0.5, 0.6) is 0 Å². The number of thiophene rings is 1. The summed E-state index contributed by atoms with van der Waals surface area (Å²) in [6, 6.07) is 10.0. The zero-order valence-electron chi connectivity index (χ0n) is 15.6. The van der Waals surface area contributed by atoms with Crippen LogP contribution in [0, 0.1) is 18.6 Å². The molecule has 30 heavy (non-hydrogen) atoms. The van der Waals surface area contributed by atoms with Crippen LogP contribution in [0.4, 0.5) is 14.5 Å². The van der Waals surface area contributed by atoms with E-state index in [4.69, 9.17) is 11.6 Å². The number of anilines is 1. The van der Waals surface area contributed by atoms with Gasteiger partial charge < -0.3 is 5.32 Å². The maximum Gasteiger partial charge on any atom is 0.266 e. The van der Waals surface area contributed by atoms with Crippen molar-refractivity contribution < 1.29 is 13.6 Å². The van der Waals surface area contributed by atoms with Crippen molar-refractivity contribution in [1.29, 1.82) is 0 Å². The Balaban J connectivity index is 1.70. The van der Waals surface area contributed by atoms with Crippen LogP contribution in [-0.4, -0.2) is 15.5 Å². The average Bonchev–Trinajstić information content (AvgIpc) is 3.05. The molecule has 0 radical (unpaired) electrons. The molecule has 0 bridgehead atoms. The van der Waals surface area contributed by atoms with E-state index in [9.17, 15) is 18.4 Å². The van der Waals surface area contributed by atoms with E-state index < -0.39 is 17.5 Å². The van der Waals surface area contributed by atoms with E-state index in [1.54, 1.807) is 19.1 Å². The topological polar surface area (TPSA) is 64.0 Å². The van der Waals surface area contributed by atoms with Crippen LogP contribution in [0.3, 0.4) is 0 Å². The first-order chi connectivity index (χ1) is 14.3. The molecule has 2 heterocycles. The molecular formula is C21H14ClF2N3O2S. The van der Waals surface area contributed by atoms with Gasteiger partial charge in [-0.15, -0.1) is 11.3 Å². The molecule has 0 saturated carbocycles. The SMILES string of the molecule is Cc1c(C(=O)Nc2ccc(F)cc2F)sc2ncn(Cc3ccccc3Cl)c(=O)c12. The standard InChI is InChI=1S/C21H14ClF2N3O2S/c1-11-17-20(25-10-27(21(17)29)9-12-4-2-3-5-14(12)22)30-18(11)19(28)26-16-7-6-13(23)8-15(16)24/h2-8,10H,9H2,1H3,(H,26,28). The van der Waals surface area contributed by atoms with Crippen LogP contribution in [-0.2, 0) is 6.54 Å². The van der Waals surface area contributed by atoms with Gasteiger partial charge in [-0.1, -0.05) is 29.8 Å². The molecule has 0 fully saturated rings. The minimum absolute atomic E-state index is 0.151. The number of nitrogens with zero attached hydrogens (tertiary/aromatic N) is 2. The predicted molar refractivity (Wildman–Crippen MR) is 113 cm³/mol. The van der Waals surface area contributed by atoms with Crippen molar-refractivity contribution >= 4 is 44.7 Å². The second-order valence-electron chi connectivity index (χ2n) is 6.58. The van der Waals surface area contributed by atoms with Crippen molar-refractivity contribution in [1.82, 2.24) is 9.55 Å². The first kappa shape index (κ1) is 20.2. The van der Waals surface area contributed by atoms with E-state index in [0.29, 0.717) is 26.9 Å². The molecule has 1 amide bonds. The lowest BCUT2D eigenvalue weighted by molar-refractivity contribution is 0.102. The number of benzene rings is 2. The van der Waals surface area contributed by atoms with Crippen LogP contribution in [0.15, 0.2) is 53.6 Å². The van der Waals surface area contributed by atoms with Crippen LogP contribution in [0.2, 0.25) is 5.02 Å². The van der Waals surface area contributed by atoms with Gasteiger partial charge in [-0.3, -0.25) is 14.2 Å². The van der Waals surface area contributed by atoms with Crippen LogP contribution in [0.25, 0.3) is 10.2 Å². The molecule has 5 nitrogen and oxygen atoms in total. The normalized spacial score (nSPS) is 11.1. The van der Waals surface area contributed by atoms with Crippen molar-refractivity contribution in [3.8, 4) is 0 Å². The molecule has 4 aromatic rings. The first-order valence-electron chi connectivity index (χ1n) is 8.83. The second kappa shape index (κ2) is 7.97. The lowest BCUT2D eigenvalue weighted by atomic mass is 10.2. The lowest BCUT2D eigenvalue weighted by Gasteiger charge is -2.07. The molecular weight excluding hydrogens is 432 g/mol. The van der Waals surface area contributed by atoms with Gasteiger partial charge >= 0.3 is 0 Å². The van der Waals surface area contributed by atoms with Gasteiger partial charge in [-0.2, -0.15) is 0 Å². The molecule has 0 aliphatic rings. The van der Waals surface area contributed by atoms with E-state index in [2.05, 4.69) is 10.3 Å². The van der Waals surface area contributed by atoms with Crippen molar-refractivity contribution in [2.24, 2.45) is 0 Å². The average molecular weight is 446 g/mol. The summed E-state index contributed by atoms with van der Waals surface area (Å²) < 4.78 is 28.4. The molecule has 2 aromatic carbocycles. The van der Waals surface area contributed by atoms with E-state index in [0.717, 1.165) is 29.0 Å². The van der Waals surface area contributed by atoms with Crippen LogP contribution < -0.4 is 10.9 Å². The van der Waals surface area contributed by atoms with Gasteiger partial charge in [-0.05, 0) is 36.2 Å². The Morgan fingerprint density at radius 3 is 2.73 bits per heavy atom. The number of fused-ring (bicyclic) bond motifs is 1. The number of nitrogens with one attached hydrogen (secondary N) is 1. The third-order valence-corrected chi connectivity index (χ3v) is 6.17. The molecule has 0 spiro atoms. The highest BCUT2D eigenvalue weighted by Gasteiger charge is 2.20. The number of rotatable bonds is 4. The van der Waals surface area contributed by atoms with Gasteiger partial charge in [0.2, 0.25) is 0 Å². The zero-order valence-corrected chi connectivity index (χ0v) is 17.2. The van der Waals surface area contributed by atoms with Gasteiger partial charge in [0.15, 0.2) is 0 Å². The number of carbonyl (C=O) groups excluding carboxylic acids is 1. The summed E-state index contributed by atoms with van der Waals surface area (Å²) in [4.78, 5) is 30.6. The van der Waals surface area contributed by atoms with Gasteiger partial charge in [0, 0.05) is 11.1 Å². The van der Waals surface area contributed by atoms with E-state index in [-0.39, 0.29) is 22.7 Å². The first-order valence-corrected chi connectivity index (χ1v) is 10.0. The lowest BCUT2D eigenvalue weighted by Crippen LogP contribution is -2.21. The van der Waals surface area contributed by atoms with Crippen LogP contribution in [0.1, 0.15) is 20.8 Å². The summed E-state index contributed by atoms with van der Waals surface area (Å²) in [7, 11) is 0. The number of hydrogen-bond donors (Lipinski definition) is 1. The summed E-state index contributed by atoms with van der Waals surface area (Å²) in [6.45, 7) is 1.87. The Morgan fingerprint density at radius 1 is 1.23 bits per heavy atom. The van der Waals surface area contributed by atoms with E-state index in [1.165, 1.54) is 10.9 Å². The Morgan fingerprint density at radius 2 is 2.00 bits per heavy atom. The summed E-state index contributed by atoms with van der Waals surface area (Å²) in [6.07, 6.45) is 1.41. The van der Waals surface area contributed by atoms with Gasteiger partial charge in [0.05, 0.1) is 28.8 Å². The van der Waals surface area contributed by atoms with Crippen molar-refractivity contribution in [2.45, 2.75) is 13.5 Å². The highest BCUT2D eigenvalue weighted by Crippen LogP contribution is 2.28. The fourth-order valence-corrected chi connectivity index (χ4v) is 4.30. The summed E-state index contributed by atoms with van der Waals surface area (Å²) >= 11 is 7.21. The largest absolute Gasteiger partial charge is 0.319 e. The molecule has 1 N–H and O–H groups in total. The predicted octanol–water partition coefficient (Wildman–Crippen LogP) is 5.00. The summed E-state index contributed by atoms with van der Waals surface area (Å²) in [5.41, 5.74) is 0.754. The molecule has 0 saturated heterocycles. The number of amides is 1. The van der Waals surface area contributed by atoms with Gasteiger partial charge in [-0.25, -0.2) is 13.8 Å². The third-order valence-electron chi connectivity index (χ3n) is 4.60. The molecule has 9 heteroatoms. The van der Waals surface area contributed by atoms with Crippen LogP contribution >= 0.6 is 22.9 Å². The summed E-state index contributed by atoms with van der Waals surface area (Å²) in [5, 5.41) is 3.27. The van der Waals surface area contributed by atoms with Gasteiger partial charge in [0.1, 0.15) is 16.5 Å². The second-order valence-corrected chi connectivity index (χ2v) is 7.99. The summed E-state index contributed by atoms with van der Waals surface area (Å²) in [5.74, 6) is -2.23. The molecule has 0 atom stereocenters. The zero-order chi connectivity index (χ0) is 21.4. The highest BCUT2D eigenvalue weighted by atomic mass is 35.5. The quantitative estimate of drug-likeness (QED) is 0.481. The minimum atomic E-state index is -0.887. The maximum atomic E-state index is 13.9. The molecule has 2 aromatic heterocycles. The number of aryl methyl sites for hydroxylation is 1. The fraction of sp³-hybridized carbons (Fsp3) is 0.0952. The smallest absolute Gasteiger partial charge is 0.266 e. The third kappa shape index (κ3) is 3.71. The number of hydrogen-bond acceptors (Lipinski definition) is 4. The number of halogens is 3. The Kier molecular flexibility index (Phi) is 5.36. The van der Waals surface area contributed by atoms with Crippen molar-refractivity contribution in [3.63, 3.8) is 0 Å². The molecule has 0 aliphatic carbocycles. The molecule has 4 rings (SSSR count). The van der Waals surface area contributed by atoms with E-state index in [1.807, 2.05) is 12.1 Å². The Bertz CT molecular complexity index is 1350. The molecule has 152 valence electrons. The maximum absolute atomic E-state index is 13.9. The van der Waals surface area contributed by atoms with Crippen molar-refractivity contribution in [3.05, 3.63) is 91.8 Å². The number of aromatic nitrogens is 2. The fourth-order valence-electron chi connectivity index (χ4n) is 3.07. The van der Waals surface area contributed by atoms with Crippen molar-refractivity contribution in [2.75, 3.05) is 5.32 Å². The minimum Gasteiger partial charge on any atom is -0.319 e. The number of carbonyl (C=O) groups is 1. The monoisotopic (exact) mass is 445 g/mol. The Hall–Kier alpha value is -3.10. The Labute approximate surface area is 178 Å². The highest BCUT2D eigenvalue weighted by molar-refractivity contribution is 7.20. The molecule has 0 aliphatic heterocycles. The van der Waals surface area contributed by atoms with Gasteiger partial charge in [0.25, 0.3) is 11.5 Å².